The lowest BCUT2D eigenvalue weighted by Gasteiger charge is -2.22. The molecule has 7 nitrogen and oxygen atoms in total. The summed E-state index contributed by atoms with van der Waals surface area (Å²) in [4.78, 5) is 24.2. The van der Waals surface area contributed by atoms with Gasteiger partial charge in [0.15, 0.2) is 5.82 Å². The average molecular weight is 416 g/mol. The van der Waals surface area contributed by atoms with Crippen molar-refractivity contribution in [1.82, 2.24) is 29.3 Å². The first-order valence-corrected chi connectivity index (χ1v) is 10.2. The number of H-pyrrole nitrogens is 1. The van der Waals surface area contributed by atoms with Gasteiger partial charge in [0.25, 0.3) is 5.56 Å². The van der Waals surface area contributed by atoms with E-state index in [0.29, 0.717) is 17.2 Å². The molecule has 4 aromatic rings. The van der Waals surface area contributed by atoms with E-state index in [1.807, 2.05) is 29.8 Å². The Morgan fingerprint density at radius 2 is 2.00 bits per heavy atom. The molecule has 4 heterocycles. The number of nitrogens with zero attached hydrogens (tertiary/aromatic N) is 5. The molecule has 0 saturated carbocycles. The molecule has 5 rings (SSSR count). The molecule has 1 aliphatic rings. The van der Waals surface area contributed by atoms with Gasteiger partial charge in [-0.15, -0.1) is 0 Å². The zero-order valence-corrected chi connectivity index (χ0v) is 17.0. The van der Waals surface area contributed by atoms with E-state index in [0.717, 1.165) is 36.5 Å². The number of aryl methyl sites for hydroxylation is 2. The van der Waals surface area contributed by atoms with Crippen LogP contribution in [0.25, 0.3) is 17.8 Å². The number of pyridine rings is 1. The van der Waals surface area contributed by atoms with Crippen molar-refractivity contribution in [2.75, 3.05) is 0 Å². The van der Waals surface area contributed by atoms with Crippen LogP contribution < -0.4 is 5.56 Å². The highest BCUT2D eigenvalue weighted by Crippen LogP contribution is 2.32. The van der Waals surface area contributed by atoms with Crippen molar-refractivity contribution in [3.05, 3.63) is 93.7 Å². The Morgan fingerprint density at radius 3 is 2.74 bits per heavy atom. The lowest BCUT2D eigenvalue weighted by Crippen LogP contribution is -2.17. The normalized spacial score (nSPS) is 16.0. The first-order valence-electron chi connectivity index (χ1n) is 10.2. The zero-order valence-electron chi connectivity index (χ0n) is 17.0. The third-order valence-corrected chi connectivity index (χ3v) is 5.48. The van der Waals surface area contributed by atoms with Crippen LogP contribution in [0.15, 0.2) is 53.7 Å². The van der Waals surface area contributed by atoms with Crippen molar-refractivity contribution in [1.29, 1.82) is 0 Å². The summed E-state index contributed by atoms with van der Waals surface area (Å²) >= 11 is 0. The summed E-state index contributed by atoms with van der Waals surface area (Å²) in [6.07, 6.45) is 8.95. The Balaban J connectivity index is 1.39. The maximum atomic E-state index is 13.3. The van der Waals surface area contributed by atoms with Gasteiger partial charge in [0.2, 0.25) is 0 Å². The van der Waals surface area contributed by atoms with Gasteiger partial charge in [-0.3, -0.25) is 4.79 Å². The number of halogens is 1. The fraction of sp³-hybridized carbons (Fsp3) is 0.217. The van der Waals surface area contributed by atoms with Gasteiger partial charge in [-0.2, -0.15) is 5.10 Å². The molecular formula is C23H21FN6O. The summed E-state index contributed by atoms with van der Waals surface area (Å²) in [6.45, 7) is 2.68. The van der Waals surface area contributed by atoms with Crippen molar-refractivity contribution >= 4 is 12.2 Å². The molecule has 1 aliphatic heterocycles. The van der Waals surface area contributed by atoms with Gasteiger partial charge in [-0.05, 0) is 61.7 Å². The molecule has 0 saturated heterocycles. The molecule has 156 valence electrons. The van der Waals surface area contributed by atoms with Gasteiger partial charge in [0, 0.05) is 24.4 Å². The van der Waals surface area contributed by atoms with Gasteiger partial charge in [0.1, 0.15) is 17.3 Å². The SMILES string of the molecule is Cc1cn(-c2ccc(C=Cc3nc4n(n3)CCC[C@@H]4c3ccc(F)cc3)[nH]c2=O)cn1. The third kappa shape index (κ3) is 3.84. The first-order chi connectivity index (χ1) is 15.1. The van der Waals surface area contributed by atoms with Crippen molar-refractivity contribution in [2.45, 2.75) is 32.2 Å². The van der Waals surface area contributed by atoms with Gasteiger partial charge >= 0.3 is 0 Å². The van der Waals surface area contributed by atoms with Crippen LogP contribution in [0, 0.1) is 12.7 Å². The fourth-order valence-corrected chi connectivity index (χ4v) is 3.95. The van der Waals surface area contributed by atoms with Crippen molar-refractivity contribution < 1.29 is 4.39 Å². The summed E-state index contributed by atoms with van der Waals surface area (Å²) in [5.74, 6) is 1.32. The number of fused-ring (bicyclic) bond motifs is 1. The number of hydrogen-bond donors (Lipinski definition) is 1. The standard InChI is InChI=1S/C23H21FN6O/c1-15-13-29(14-25-15)20-10-8-18(26-23(20)31)9-11-21-27-22-19(3-2-12-30(22)28-21)16-4-6-17(24)7-5-16/h4-11,13-14,19H,2-3,12H2,1H3,(H,26,31)/t19-/m1/s1. The third-order valence-electron chi connectivity index (χ3n) is 5.48. The molecule has 0 radical (unpaired) electrons. The molecule has 0 bridgehead atoms. The second kappa shape index (κ2) is 7.79. The lowest BCUT2D eigenvalue weighted by molar-refractivity contribution is 0.445. The van der Waals surface area contributed by atoms with E-state index in [-0.39, 0.29) is 17.3 Å². The predicted octanol–water partition coefficient (Wildman–Crippen LogP) is 3.70. The highest BCUT2D eigenvalue weighted by molar-refractivity contribution is 5.64. The number of imidazole rings is 1. The maximum absolute atomic E-state index is 13.3. The van der Waals surface area contributed by atoms with Crippen LogP contribution in [-0.2, 0) is 6.54 Å². The number of aromatic nitrogens is 6. The van der Waals surface area contributed by atoms with Gasteiger partial charge in [-0.25, -0.2) is 19.0 Å². The molecule has 0 spiro atoms. The Hall–Kier alpha value is -3.81. The average Bonchev–Trinajstić information content (AvgIpc) is 3.38. The van der Waals surface area contributed by atoms with Crippen molar-refractivity contribution in [3.8, 4) is 5.69 Å². The van der Waals surface area contributed by atoms with Gasteiger partial charge in [0.05, 0.1) is 12.0 Å². The van der Waals surface area contributed by atoms with E-state index in [2.05, 4.69) is 15.1 Å². The summed E-state index contributed by atoms with van der Waals surface area (Å²) in [5.41, 5.74) is 2.86. The summed E-state index contributed by atoms with van der Waals surface area (Å²) in [6, 6.07) is 10.2. The Morgan fingerprint density at radius 1 is 1.16 bits per heavy atom. The Kier molecular flexibility index (Phi) is 4.82. The van der Waals surface area contributed by atoms with E-state index < -0.39 is 0 Å². The Labute approximate surface area is 177 Å². The molecule has 8 heteroatoms. The van der Waals surface area contributed by atoms with Crippen LogP contribution in [0.4, 0.5) is 4.39 Å². The van der Waals surface area contributed by atoms with Crippen LogP contribution >= 0.6 is 0 Å². The number of hydrogen-bond acceptors (Lipinski definition) is 4. The quantitative estimate of drug-likeness (QED) is 0.550. The first kappa shape index (κ1) is 19.2. The summed E-state index contributed by atoms with van der Waals surface area (Å²) < 4.78 is 16.9. The molecule has 3 aromatic heterocycles. The monoisotopic (exact) mass is 416 g/mol. The lowest BCUT2D eigenvalue weighted by atomic mass is 9.91. The van der Waals surface area contributed by atoms with E-state index in [1.54, 1.807) is 35.3 Å². The van der Waals surface area contributed by atoms with Crippen LogP contribution in [0.3, 0.4) is 0 Å². The minimum atomic E-state index is -0.243. The Bertz CT molecular complexity index is 1310. The second-order valence-electron chi connectivity index (χ2n) is 7.68. The smallest absolute Gasteiger partial charge is 0.272 e. The molecule has 0 aliphatic carbocycles. The summed E-state index contributed by atoms with van der Waals surface area (Å²) in [7, 11) is 0. The minimum Gasteiger partial charge on any atom is -0.321 e. The number of aromatic amines is 1. The van der Waals surface area contributed by atoms with E-state index >= 15 is 0 Å². The second-order valence-corrected chi connectivity index (χ2v) is 7.68. The molecule has 0 fully saturated rings. The molecule has 1 N–H and O–H groups in total. The van der Waals surface area contributed by atoms with Crippen molar-refractivity contribution in [3.63, 3.8) is 0 Å². The number of nitrogens with one attached hydrogen (secondary N) is 1. The van der Waals surface area contributed by atoms with Gasteiger partial charge in [-0.1, -0.05) is 12.1 Å². The number of benzene rings is 1. The largest absolute Gasteiger partial charge is 0.321 e. The van der Waals surface area contributed by atoms with Crippen molar-refractivity contribution in [2.24, 2.45) is 0 Å². The molecule has 31 heavy (non-hydrogen) atoms. The van der Waals surface area contributed by atoms with E-state index in [9.17, 15) is 9.18 Å². The highest BCUT2D eigenvalue weighted by Gasteiger charge is 2.25. The predicted molar refractivity (Wildman–Crippen MR) is 115 cm³/mol. The topological polar surface area (TPSA) is 81.4 Å². The zero-order chi connectivity index (χ0) is 21.4. The molecule has 0 unspecified atom stereocenters. The highest BCUT2D eigenvalue weighted by atomic mass is 19.1. The van der Waals surface area contributed by atoms with Crippen LogP contribution in [0.1, 0.15) is 47.4 Å². The minimum absolute atomic E-state index is 0.0988. The van der Waals surface area contributed by atoms with E-state index in [4.69, 9.17) is 4.98 Å². The number of rotatable bonds is 4. The van der Waals surface area contributed by atoms with Gasteiger partial charge < -0.3 is 9.55 Å². The fourth-order valence-electron chi connectivity index (χ4n) is 3.95. The summed E-state index contributed by atoms with van der Waals surface area (Å²) in [5, 5.41) is 4.59. The molecule has 0 amide bonds. The van der Waals surface area contributed by atoms with Crippen LogP contribution in [-0.4, -0.2) is 29.3 Å². The molecule has 1 aromatic carbocycles. The maximum Gasteiger partial charge on any atom is 0.272 e. The van der Waals surface area contributed by atoms with Crippen LogP contribution in [0.2, 0.25) is 0 Å². The molecular weight excluding hydrogens is 395 g/mol. The van der Waals surface area contributed by atoms with E-state index in [1.165, 1.54) is 12.1 Å². The molecule has 1 atom stereocenters. The van der Waals surface area contributed by atoms with Crippen LogP contribution in [0.5, 0.6) is 0 Å².